The summed E-state index contributed by atoms with van der Waals surface area (Å²) in [6, 6.07) is 6.76. The molecule has 0 spiro atoms. The Balaban J connectivity index is 1.37. The molecule has 0 atom stereocenters. The van der Waals surface area contributed by atoms with Crippen LogP contribution in [-0.2, 0) is 6.18 Å². The van der Waals surface area contributed by atoms with Crippen LogP contribution >= 0.6 is 0 Å². The fourth-order valence-corrected chi connectivity index (χ4v) is 6.30. The topological polar surface area (TPSA) is 0 Å². The average molecular weight is 479 g/mol. The SMILES string of the molecule is CCCCC1CCC(C2CCC(c3cc(F)c(-c4ccc(C(F)(F)F)cc4)c(F)c3)CC2)CC1. The first kappa shape index (κ1) is 25.2. The largest absolute Gasteiger partial charge is 0.416 e. The Morgan fingerprint density at radius 3 is 1.79 bits per heavy atom. The first-order valence-corrected chi connectivity index (χ1v) is 12.9. The lowest BCUT2D eigenvalue weighted by atomic mass is 9.68. The predicted molar refractivity (Wildman–Crippen MR) is 126 cm³/mol. The molecule has 0 bridgehead atoms. The summed E-state index contributed by atoms with van der Waals surface area (Å²) < 4.78 is 68.2. The van der Waals surface area contributed by atoms with Gasteiger partial charge in [0.1, 0.15) is 11.6 Å². The van der Waals surface area contributed by atoms with Gasteiger partial charge in [-0.15, -0.1) is 0 Å². The highest BCUT2D eigenvalue weighted by molar-refractivity contribution is 5.66. The number of rotatable bonds is 6. The van der Waals surface area contributed by atoms with E-state index in [-0.39, 0.29) is 17.0 Å². The summed E-state index contributed by atoms with van der Waals surface area (Å²) in [5.74, 6) is 1.16. The van der Waals surface area contributed by atoms with E-state index in [1.165, 1.54) is 57.1 Å². The highest BCUT2D eigenvalue weighted by atomic mass is 19.4. The summed E-state index contributed by atoms with van der Waals surface area (Å²) in [4.78, 5) is 0. The van der Waals surface area contributed by atoms with E-state index >= 15 is 0 Å². The molecule has 5 heteroatoms. The maximum Gasteiger partial charge on any atom is 0.416 e. The lowest BCUT2D eigenvalue weighted by molar-refractivity contribution is -0.137. The van der Waals surface area contributed by atoms with Gasteiger partial charge in [-0.2, -0.15) is 13.2 Å². The molecule has 0 N–H and O–H groups in total. The number of hydrogen-bond acceptors (Lipinski definition) is 0. The molecule has 2 saturated carbocycles. The van der Waals surface area contributed by atoms with Crippen molar-refractivity contribution in [3.8, 4) is 11.1 Å². The molecule has 0 unspecified atom stereocenters. The van der Waals surface area contributed by atoms with E-state index in [1.807, 2.05) is 0 Å². The van der Waals surface area contributed by atoms with Gasteiger partial charge < -0.3 is 0 Å². The zero-order valence-electron chi connectivity index (χ0n) is 19.9. The molecule has 2 aliphatic carbocycles. The highest BCUT2D eigenvalue weighted by Crippen LogP contribution is 2.45. The van der Waals surface area contributed by atoms with Gasteiger partial charge in [-0.3, -0.25) is 0 Å². The van der Waals surface area contributed by atoms with Gasteiger partial charge in [-0.1, -0.05) is 51.2 Å². The third-order valence-electron chi connectivity index (χ3n) is 8.33. The molecule has 0 aliphatic heterocycles. The molecule has 0 heterocycles. The van der Waals surface area contributed by atoms with Crippen LogP contribution in [0.15, 0.2) is 36.4 Å². The van der Waals surface area contributed by atoms with Gasteiger partial charge in [-0.05, 0) is 97.6 Å². The minimum Gasteiger partial charge on any atom is -0.206 e. The van der Waals surface area contributed by atoms with Crippen LogP contribution in [-0.4, -0.2) is 0 Å². The van der Waals surface area contributed by atoms with E-state index in [4.69, 9.17) is 0 Å². The third kappa shape index (κ3) is 5.83. The van der Waals surface area contributed by atoms with Crippen LogP contribution in [0.4, 0.5) is 22.0 Å². The molecule has 0 nitrogen and oxygen atoms in total. The van der Waals surface area contributed by atoms with Gasteiger partial charge in [0.15, 0.2) is 0 Å². The lowest BCUT2D eigenvalue weighted by Crippen LogP contribution is -2.25. The summed E-state index contributed by atoms with van der Waals surface area (Å²) in [5, 5.41) is 0. The number of alkyl halides is 3. The van der Waals surface area contributed by atoms with Gasteiger partial charge in [0, 0.05) is 0 Å². The summed E-state index contributed by atoms with van der Waals surface area (Å²) in [6.07, 6.45) is 8.97. The monoisotopic (exact) mass is 478 g/mol. The fourth-order valence-electron chi connectivity index (χ4n) is 6.30. The number of benzene rings is 2. The van der Waals surface area contributed by atoms with Crippen LogP contribution in [0.2, 0.25) is 0 Å². The van der Waals surface area contributed by atoms with E-state index in [0.29, 0.717) is 5.56 Å². The van der Waals surface area contributed by atoms with Crippen molar-refractivity contribution < 1.29 is 22.0 Å². The maximum atomic E-state index is 14.9. The molecule has 2 aromatic rings. The molecule has 0 radical (unpaired) electrons. The van der Waals surface area contributed by atoms with E-state index in [9.17, 15) is 22.0 Å². The molecule has 34 heavy (non-hydrogen) atoms. The Kier molecular flexibility index (Phi) is 7.99. The molecular weight excluding hydrogens is 443 g/mol. The van der Waals surface area contributed by atoms with Crippen molar-refractivity contribution in [1.82, 2.24) is 0 Å². The molecule has 2 aliphatic rings. The first-order chi connectivity index (χ1) is 16.3. The molecule has 0 aromatic heterocycles. The second-order valence-corrected chi connectivity index (χ2v) is 10.5. The number of unbranched alkanes of at least 4 members (excludes halogenated alkanes) is 1. The highest BCUT2D eigenvalue weighted by Gasteiger charge is 2.32. The fraction of sp³-hybridized carbons (Fsp3) is 0.586. The molecule has 2 fully saturated rings. The van der Waals surface area contributed by atoms with Crippen LogP contribution in [0.5, 0.6) is 0 Å². The minimum atomic E-state index is -4.48. The van der Waals surface area contributed by atoms with Crippen LogP contribution in [0.1, 0.15) is 94.6 Å². The van der Waals surface area contributed by atoms with E-state index in [2.05, 4.69) is 6.92 Å². The van der Waals surface area contributed by atoms with Crippen molar-refractivity contribution in [3.63, 3.8) is 0 Å². The van der Waals surface area contributed by atoms with E-state index < -0.39 is 23.4 Å². The molecule has 186 valence electrons. The Bertz CT molecular complexity index is 907. The normalized spacial score (nSPS) is 25.9. The third-order valence-corrected chi connectivity index (χ3v) is 8.33. The van der Waals surface area contributed by atoms with Crippen molar-refractivity contribution >= 4 is 0 Å². The van der Waals surface area contributed by atoms with E-state index in [1.54, 1.807) is 0 Å². The molecule has 4 rings (SSSR count). The number of halogens is 5. The molecule has 2 aromatic carbocycles. The van der Waals surface area contributed by atoms with E-state index in [0.717, 1.165) is 67.7 Å². The average Bonchev–Trinajstić information content (AvgIpc) is 2.82. The van der Waals surface area contributed by atoms with Crippen LogP contribution < -0.4 is 0 Å². The summed E-state index contributed by atoms with van der Waals surface area (Å²) >= 11 is 0. The summed E-state index contributed by atoms with van der Waals surface area (Å²) in [6.45, 7) is 2.25. The van der Waals surface area contributed by atoms with Crippen LogP contribution in [0, 0.1) is 29.4 Å². The van der Waals surface area contributed by atoms with Crippen LogP contribution in [0.3, 0.4) is 0 Å². The summed E-state index contributed by atoms with van der Waals surface area (Å²) in [7, 11) is 0. The minimum absolute atomic E-state index is 0.118. The van der Waals surface area contributed by atoms with Gasteiger partial charge >= 0.3 is 6.18 Å². The zero-order valence-corrected chi connectivity index (χ0v) is 19.9. The van der Waals surface area contributed by atoms with Crippen LogP contribution in [0.25, 0.3) is 11.1 Å². The Morgan fingerprint density at radius 1 is 0.765 bits per heavy atom. The second-order valence-electron chi connectivity index (χ2n) is 10.5. The van der Waals surface area contributed by atoms with Gasteiger partial charge in [0.2, 0.25) is 0 Å². The van der Waals surface area contributed by atoms with Gasteiger partial charge in [-0.25, -0.2) is 8.78 Å². The molecule has 0 saturated heterocycles. The smallest absolute Gasteiger partial charge is 0.206 e. The number of hydrogen-bond donors (Lipinski definition) is 0. The first-order valence-electron chi connectivity index (χ1n) is 12.9. The lowest BCUT2D eigenvalue weighted by Gasteiger charge is -2.38. The van der Waals surface area contributed by atoms with Crippen molar-refractivity contribution in [1.29, 1.82) is 0 Å². The molecule has 0 amide bonds. The van der Waals surface area contributed by atoms with Gasteiger partial charge in [0.05, 0.1) is 11.1 Å². The van der Waals surface area contributed by atoms with Crippen molar-refractivity contribution in [3.05, 3.63) is 59.2 Å². The van der Waals surface area contributed by atoms with Crippen molar-refractivity contribution in [2.75, 3.05) is 0 Å². The predicted octanol–water partition coefficient (Wildman–Crippen LogP) is 9.92. The standard InChI is InChI=1S/C29H35F5/c1-2-3-4-19-5-7-20(8-6-19)21-9-11-22(12-10-21)24-17-26(30)28(27(31)18-24)23-13-15-25(16-14-23)29(32,33)34/h13-22H,2-12H2,1H3. The van der Waals surface area contributed by atoms with Crippen molar-refractivity contribution in [2.45, 2.75) is 89.6 Å². The van der Waals surface area contributed by atoms with Gasteiger partial charge in [0.25, 0.3) is 0 Å². The quantitative estimate of drug-likeness (QED) is 0.362. The van der Waals surface area contributed by atoms with Crippen molar-refractivity contribution in [2.24, 2.45) is 17.8 Å². The Morgan fingerprint density at radius 2 is 1.29 bits per heavy atom. The Hall–Kier alpha value is -1.91. The zero-order chi connectivity index (χ0) is 24.3. The molecular formula is C29H35F5. The summed E-state index contributed by atoms with van der Waals surface area (Å²) in [5.41, 5.74) is -0.300. The second kappa shape index (κ2) is 10.8. The maximum absolute atomic E-state index is 14.9. The Labute approximate surface area is 200 Å².